The van der Waals surface area contributed by atoms with Crippen molar-refractivity contribution in [1.29, 1.82) is 0 Å². The maximum absolute atomic E-state index is 13.1. The summed E-state index contributed by atoms with van der Waals surface area (Å²) in [5.74, 6) is 0.359. The second-order valence-electron chi connectivity index (χ2n) is 7.72. The summed E-state index contributed by atoms with van der Waals surface area (Å²) in [4.78, 5) is 13.0. The molecule has 3 rings (SSSR count). The van der Waals surface area contributed by atoms with Crippen LogP contribution < -0.4 is 14.8 Å². The molecule has 1 aliphatic heterocycles. The van der Waals surface area contributed by atoms with Crippen LogP contribution in [0.4, 0.5) is 4.39 Å². The Bertz CT molecular complexity index is 1030. The van der Waals surface area contributed by atoms with Crippen LogP contribution in [0.15, 0.2) is 47.4 Å². The van der Waals surface area contributed by atoms with Gasteiger partial charge in [0.05, 0.1) is 25.2 Å². The molecule has 1 aliphatic rings. The Hall–Kier alpha value is -2.65. The lowest BCUT2D eigenvalue weighted by Gasteiger charge is -2.31. The van der Waals surface area contributed by atoms with Crippen molar-refractivity contribution in [2.24, 2.45) is 5.92 Å². The Kier molecular flexibility index (Phi) is 7.73. The molecule has 1 N–H and O–H groups in total. The standard InChI is InChI=1S/C23H29FN2O5S/c1-4-20(17-5-10-21(30-2)22(15-17)31-3)25-23(27)16-11-13-26(14-12-16)32(28,29)19-8-6-18(24)7-9-19/h5-10,15-16,20H,4,11-14H2,1-3H3,(H,25,27). The molecule has 0 aromatic heterocycles. The lowest BCUT2D eigenvalue weighted by atomic mass is 9.95. The minimum atomic E-state index is -3.70. The van der Waals surface area contributed by atoms with Gasteiger partial charge in [0, 0.05) is 19.0 Å². The summed E-state index contributed by atoms with van der Waals surface area (Å²) in [7, 11) is -0.571. The molecule has 1 amide bonds. The lowest BCUT2D eigenvalue weighted by molar-refractivity contribution is -0.126. The van der Waals surface area contributed by atoms with E-state index in [1.807, 2.05) is 25.1 Å². The predicted molar refractivity (Wildman–Crippen MR) is 119 cm³/mol. The maximum atomic E-state index is 13.1. The quantitative estimate of drug-likeness (QED) is 0.646. The van der Waals surface area contributed by atoms with Crippen molar-refractivity contribution in [3.8, 4) is 11.5 Å². The van der Waals surface area contributed by atoms with Gasteiger partial charge in [-0.3, -0.25) is 4.79 Å². The van der Waals surface area contributed by atoms with Gasteiger partial charge in [-0.25, -0.2) is 12.8 Å². The van der Waals surface area contributed by atoms with Crippen molar-refractivity contribution >= 4 is 15.9 Å². The van der Waals surface area contributed by atoms with E-state index in [1.54, 1.807) is 14.2 Å². The number of amides is 1. The van der Waals surface area contributed by atoms with E-state index in [2.05, 4.69) is 5.32 Å². The van der Waals surface area contributed by atoms with Gasteiger partial charge in [0.15, 0.2) is 11.5 Å². The van der Waals surface area contributed by atoms with Gasteiger partial charge < -0.3 is 14.8 Å². The summed E-state index contributed by atoms with van der Waals surface area (Å²) in [6.07, 6.45) is 1.54. The summed E-state index contributed by atoms with van der Waals surface area (Å²) < 4.78 is 50.7. The minimum absolute atomic E-state index is 0.0568. The first kappa shape index (κ1) is 24.0. The van der Waals surface area contributed by atoms with Gasteiger partial charge in [-0.15, -0.1) is 0 Å². The number of nitrogens with one attached hydrogen (secondary N) is 1. The number of rotatable bonds is 8. The van der Waals surface area contributed by atoms with E-state index in [1.165, 1.54) is 16.4 Å². The zero-order valence-corrected chi connectivity index (χ0v) is 19.3. The first-order valence-electron chi connectivity index (χ1n) is 10.6. The number of sulfonamides is 1. The van der Waals surface area contributed by atoms with Crippen LogP contribution >= 0.6 is 0 Å². The van der Waals surface area contributed by atoms with Crippen LogP contribution in [0.1, 0.15) is 37.8 Å². The van der Waals surface area contributed by atoms with Gasteiger partial charge in [-0.2, -0.15) is 4.31 Å². The van der Waals surface area contributed by atoms with E-state index in [0.29, 0.717) is 30.8 Å². The zero-order chi connectivity index (χ0) is 23.3. The molecule has 1 unspecified atom stereocenters. The zero-order valence-electron chi connectivity index (χ0n) is 18.5. The summed E-state index contributed by atoms with van der Waals surface area (Å²) in [6.45, 7) is 2.47. The molecule has 2 aromatic carbocycles. The fourth-order valence-corrected chi connectivity index (χ4v) is 5.36. The van der Waals surface area contributed by atoms with Crippen LogP contribution in [-0.4, -0.2) is 45.9 Å². The van der Waals surface area contributed by atoms with E-state index in [-0.39, 0.29) is 35.9 Å². The number of piperidine rings is 1. The number of methoxy groups -OCH3 is 2. The van der Waals surface area contributed by atoms with Crippen LogP contribution in [0.2, 0.25) is 0 Å². The summed E-state index contributed by atoms with van der Waals surface area (Å²) >= 11 is 0. The van der Waals surface area contributed by atoms with Crippen LogP contribution in [0.5, 0.6) is 11.5 Å². The normalized spacial score (nSPS) is 16.4. The van der Waals surface area contributed by atoms with Crippen molar-refractivity contribution in [1.82, 2.24) is 9.62 Å². The highest BCUT2D eigenvalue weighted by Gasteiger charge is 2.32. The highest BCUT2D eigenvalue weighted by molar-refractivity contribution is 7.89. The molecule has 7 nitrogen and oxygen atoms in total. The number of carbonyl (C=O) groups is 1. The number of benzene rings is 2. The smallest absolute Gasteiger partial charge is 0.243 e. The summed E-state index contributed by atoms with van der Waals surface area (Å²) in [6, 6.07) is 10.2. The third-order valence-electron chi connectivity index (χ3n) is 5.81. The SMILES string of the molecule is CCC(NC(=O)C1CCN(S(=O)(=O)c2ccc(F)cc2)CC1)c1ccc(OC)c(OC)c1. The number of ether oxygens (including phenoxy) is 2. The highest BCUT2D eigenvalue weighted by atomic mass is 32.2. The Balaban J connectivity index is 1.63. The second kappa shape index (κ2) is 10.3. The van der Waals surface area contributed by atoms with Crippen molar-refractivity contribution in [2.45, 2.75) is 37.1 Å². The Labute approximate surface area is 188 Å². The highest BCUT2D eigenvalue weighted by Crippen LogP contribution is 2.31. The molecule has 1 fully saturated rings. The predicted octanol–water partition coefficient (Wildman–Crippen LogP) is 3.51. The number of hydrogen-bond donors (Lipinski definition) is 1. The number of carbonyl (C=O) groups excluding carboxylic acids is 1. The van der Waals surface area contributed by atoms with Crippen LogP contribution in [0.25, 0.3) is 0 Å². The number of halogens is 1. The fourth-order valence-electron chi connectivity index (χ4n) is 3.89. The topological polar surface area (TPSA) is 84.9 Å². The van der Waals surface area contributed by atoms with Gasteiger partial charge in [0.1, 0.15) is 5.82 Å². The van der Waals surface area contributed by atoms with E-state index in [9.17, 15) is 17.6 Å². The molecule has 174 valence electrons. The van der Waals surface area contributed by atoms with Crippen LogP contribution in [0.3, 0.4) is 0 Å². The van der Waals surface area contributed by atoms with E-state index < -0.39 is 15.8 Å². The van der Waals surface area contributed by atoms with E-state index in [0.717, 1.165) is 17.7 Å². The van der Waals surface area contributed by atoms with Crippen molar-refractivity contribution < 1.29 is 27.1 Å². The first-order chi connectivity index (χ1) is 15.3. The van der Waals surface area contributed by atoms with Crippen molar-refractivity contribution in [2.75, 3.05) is 27.3 Å². The van der Waals surface area contributed by atoms with Gasteiger partial charge in [0.25, 0.3) is 0 Å². The summed E-state index contributed by atoms with van der Waals surface area (Å²) in [5.41, 5.74) is 0.912. The monoisotopic (exact) mass is 464 g/mol. The Morgan fingerprint density at radius 1 is 1.09 bits per heavy atom. The summed E-state index contributed by atoms with van der Waals surface area (Å²) in [5, 5.41) is 3.09. The second-order valence-corrected chi connectivity index (χ2v) is 9.65. The maximum Gasteiger partial charge on any atom is 0.243 e. The third kappa shape index (κ3) is 5.21. The van der Waals surface area contributed by atoms with E-state index in [4.69, 9.17) is 9.47 Å². The van der Waals surface area contributed by atoms with Gasteiger partial charge in [0.2, 0.25) is 15.9 Å². The molecule has 0 spiro atoms. The molecule has 0 saturated carbocycles. The van der Waals surface area contributed by atoms with Gasteiger partial charge in [-0.1, -0.05) is 13.0 Å². The molecule has 0 bridgehead atoms. The molecular formula is C23H29FN2O5S. The molecule has 9 heteroatoms. The third-order valence-corrected chi connectivity index (χ3v) is 7.72. The molecule has 1 saturated heterocycles. The molecule has 32 heavy (non-hydrogen) atoms. The van der Waals surface area contributed by atoms with Gasteiger partial charge in [-0.05, 0) is 61.2 Å². The average Bonchev–Trinajstić information content (AvgIpc) is 2.82. The van der Waals surface area contributed by atoms with E-state index >= 15 is 0 Å². The largest absolute Gasteiger partial charge is 0.493 e. The molecular weight excluding hydrogens is 435 g/mol. The average molecular weight is 465 g/mol. The number of hydrogen-bond acceptors (Lipinski definition) is 5. The van der Waals surface area contributed by atoms with Crippen LogP contribution in [0, 0.1) is 11.7 Å². The first-order valence-corrected chi connectivity index (χ1v) is 12.0. The molecule has 1 heterocycles. The molecule has 0 aliphatic carbocycles. The van der Waals surface area contributed by atoms with Crippen LogP contribution in [-0.2, 0) is 14.8 Å². The lowest BCUT2D eigenvalue weighted by Crippen LogP contribution is -2.43. The molecule has 0 radical (unpaired) electrons. The van der Waals surface area contributed by atoms with Gasteiger partial charge >= 0.3 is 0 Å². The molecule has 1 atom stereocenters. The minimum Gasteiger partial charge on any atom is -0.493 e. The Morgan fingerprint density at radius 3 is 2.28 bits per heavy atom. The van der Waals surface area contributed by atoms with Crippen molar-refractivity contribution in [3.05, 3.63) is 53.8 Å². The molecule has 2 aromatic rings. The number of nitrogens with zero attached hydrogens (tertiary/aromatic N) is 1. The van der Waals surface area contributed by atoms with Crippen molar-refractivity contribution in [3.63, 3.8) is 0 Å². The fraction of sp³-hybridized carbons (Fsp3) is 0.435. The Morgan fingerprint density at radius 2 is 1.72 bits per heavy atom.